The maximum absolute atomic E-state index is 13.4. The normalized spacial score (nSPS) is 11.7. The number of thioether (sulfide) groups is 1. The average Bonchev–Trinajstić information content (AvgIpc) is 2.97. The van der Waals surface area contributed by atoms with E-state index in [1.165, 1.54) is 36.0 Å². The SMILES string of the molecule is Cc1cccc(/C=C(/NC(=O)c2ccccc2)C(=O)Nc2cccc(SC(C)C(=O)Nc3ccc([N+](=O)[O-])cc3)c2)c1. The maximum atomic E-state index is 13.4. The molecule has 212 valence electrons. The molecule has 0 aliphatic rings. The number of nitrogens with one attached hydrogen (secondary N) is 3. The first-order valence-electron chi connectivity index (χ1n) is 13.0. The Morgan fingerprint density at radius 2 is 1.55 bits per heavy atom. The summed E-state index contributed by atoms with van der Waals surface area (Å²) in [7, 11) is 0. The number of hydrogen-bond acceptors (Lipinski definition) is 6. The second-order valence-corrected chi connectivity index (χ2v) is 10.7. The minimum absolute atomic E-state index is 0.0641. The molecule has 1 unspecified atom stereocenters. The van der Waals surface area contributed by atoms with Crippen LogP contribution in [0.15, 0.2) is 114 Å². The number of amides is 3. The molecule has 0 aromatic heterocycles. The van der Waals surface area contributed by atoms with Crippen LogP contribution in [-0.4, -0.2) is 27.9 Å². The molecule has 0 spiro atoms. The molecule has 0 aliphatic heterocycles. The highest BCUT2D eigenvalue weighted by molar-refractivity contribution is 8.00. The van der Waals surface area contributed by atoms with Gasteiger partial charge in [-0.2, -0.15) is 0 Å². The third-order valence-corrected chi connectivity index (χ3v) is 7.10. The molecule has 10 heteroatoms. The van der Waals surface area contributed by atoms with Gasteiger partial charge in [0.2, 0.25) is 5.91 Å². The zero-order chi connectivity index (χ0) is 30.1. The molecule has 4 rings (SSSR count). The van der Waals surface area contributed by atoms with E-state index >= 15 is 0 Å². The number of rotatable bonds is 10. The lowest BCUT2D eigenvalue weighted by molar-refractivity contribution is -0.384. The Labute approximate surface area is 247 Å². The molecule has 4 aromatic carbocycles. The number of benzene rings is 4. The van der Waals surface area contributed by atoms with Gasteiger partial charge in [0.25, 0.3) is 17.5 Å². The summed E-state index contributed by atoms with van der Waals surface area (Å²) < 4.78 is 0. The topological polar surface area (TPSA) is 130 Å². The fraction of sp³-hybridized carbons (Fsp3) is 0.0938. The smallest absolute Gasteiger partial charge is 0.272 e. The van der Waals surface area contributed by atoms with Crippen LogP contribution >= 0.6 is 11.8 Å². The van der Waals surface area contributed by atoms with Crippen molar-refractivity contribution in [3.8, 4) is 0 Å². The Bertz CT molecular complexity index is 1640. The lowest BCUT2D eigenvalue weighted by Crippen LogP contribution is -2.30. The third kappa shape index (κ3) is 8.39. The number of nitro benzene ring substituents is 1. The van der Waals surface area contributed by atoms with Gasteiger partial charge in [0.15, 0.2) is 0 Å². The van der Waals surface area contributed by atoms with E-state index < -0.39 is 22.0 Å². The molecule has 0 saturated carbocycles. The lowest BCUT2D eigenvalue weighted by atomic mass is 10.1. The van der Waals surface area contributed by atoms with Gasteiger partial charge in [-0.1, -0.05) is 54.1 Å². The predicted molar refractivity (Wildman–Crippen MR) is 165 cm³/mol. The Hall–Kier alpha value is -5.22. The monoisotopic (exact) mass is 580 g/mol. The third-order valence-electron chi connectivity index (χ3n) is 6.00. The van der Waals surface area contributed by atoms with Crippen LogP contribution in [0, 0.1) is 17.0 Å². The van der Waals surface area contributed by atoms with Crippen molar-refractivity contribution >= 4 is 52.6 Å². The number of aryl methyl sites for hydroxylation is 1. The van der Waals surface area contributed by atoms with Gasteiger partial charge < -0.3 is 16.0 Å². The quantitative estimate of drug-likeness (QED) is 0.0857. The first-order valence-corrected chi connectivity index (χ1v) is 13.8. The van der Waals surface area contributed by atoms with Crippen LogP contribution in [0.5, 0.6) is 0 Å². The Balaban J connectivity index is 1.46. The number of carbonyl (C=O) groups excluding carboxylic acids is 3. The van der Waals surface area contributed by atoms with Crippen molar-refractivity contribution in [1.82, 2.24) is 5.32 Å². The van der Waals surface area contributed by atoms with Gasteiger partial charge in [-0.15, -0.1) is 11.8 Å². The minimum Gasteiger partial charge on any atom is -0.325 e. The number of nitrogens with zero attached hydrogens (tertiary/aromatic N) is 1. The summed E-state index contributed by atoms with van der Waals surface area (Å²) in [6, 6.07) is 28.8. The Morgan fingerprint density at radius 1 is 0.833 bits per heavy atom. The van der Waals surface area contributed by atoms with Crippen LogP contribution < -0.4 is 16.0 Å². The van der Waals surface area contributed by atoms with E-state index in [-0.39, 0.29) is 17.3 Å². The summed E-state index contributed by atoms with van der Waals surface area (Å²) in [5, 5.41) is 18.7. The van der Waals surface area contributed by atoms with Crippen molar-refractivity contribution in [3.05, 3.63) is 136 Å². The highest BCUT2D eigenvalue weighted by Crippen LogP contribution is 2.27. The fourth-order valence-electron chi connectivity index (χ4n) is 3.88. The summed E-state index contributed by atoms with van der Waals surface area (Å²) in [6.45, 7) is 3.68. The summed E-state index contributed by atoms with van der Waals surface area (Å²) in [5.74, 6) is -1.20. The summed E-state index contributed by atoms with van der Waals surface area (Å²) in [5.41, 5.74) is 3.12. The van der Waals surface area contributed by atoms with Gasteiger partial charge in [-0.25, -0.2) is 0 Å². The molecule has 0 radical (unpaired) electrons. The summed E-state index contributed by atoms with van der Waals surface area (Å²) in [4.78, 5) is 50.0. The van der Waals surface area contributed by atoms with E-state index in [1.54, 1.807) is 61.5 Å². The molecule has 9 nitrogen and oxygen atoms in total. The van der Waals surface area contributed by atoms with Crippen molar-refractivity contribution in [1.29, 1.82) is 0 Å². The molecule has 1 atom stereocenters. The van der Waals surface area contributed by atoms with Crippen LogP contribution in [0.4, 0.5) is 17.1 Å². The molecule has 42 heavy (non-hydrogen) atoms. The predicted octanol–water partition coefficient (Wildman–Crippen LogP) is 6.43. The number of hydrogen-bond donors (Lipinski definition) is 3. The molecular weight excluding hydrogens is 552 g/mol. The molecule has 0 bridgehead atoms. The van der Waals surface area contributed by atoms with Gasteiger partial charge in [-0.05, 0) is 68.0 Å². The van der Waals surface area contributed by atoms with Gasteiger partial charge in [-0.3, -0.25) is 24.5 Å². The minimum atomic E-state index is -0.508. The van der Waals surface area contributed by atoms with E-state index in [0.29, 0.717) is 16.9 Å². The highest BCUT2D eigenvalue weighted by Gasteiger charge is 2.18. The number of nitro groups is 1. The largest absolute Gasteiger partial charge is 0.325 e. The van der Waals surface area contributed by atoms with Crippen molar-refractivity contribution in [2.45, 2.75) is 24.0 Å². The number of carbonyl (C=O) groups is 3. The summed E-state index contributed by atoms with van der Waals surface area (Å²) in [6.07, 6.45) is 1.62. The number of non-ortho nitro benzene ring substituents is 1. The standard InChI is InChI=1S/C32H28N4O5S/c1-21-8-6-9-23(18-21)19-29(35-31(38)24-10-4-3-5-11-24)32(39)34-26-12-7-13-28(20-26)42-22(2)30(37)33-25-14-16-27(17-15-25)36(40)41/h3-20,22H,1-2H3,(H,33,37)(H,34,39)(H,35,38)/b29-19+. The molecule has 3 N–H and O–H groups in total. The molecule has 0 aliphatic carbocycles. The van der Waals surface area contributed by atoms with Crippen LogP contribution in [-0.2, 0) is 9.59 Å². The van der Waals surface area contributed by atoms with Crippen molar-refractivity contribution in [2.75, 3.05) is 10.6 Å². The maximum Gasteiger partial charge on any atom is 0.272 e. The Morgan fingerprint density at radius 3 is 2.24 bits per heavy atom. The van der Waals surface area contributed by atoms with Gasteiger partial charge in [0.1, 0.15) is 5.70 Å². The van der Waals surface area contributed by atoms with Crippen LogP contribution in [0.1, 0.15) is 28.4 Å². The first kappa shape index (κ1) is 29.8. The lowest BCUT2D eigenvalue weighted by Gasteiger charge is -2.14. The molecule has 0 fully saturated rings. The zero-order valence-corrected chi connectivity index (χ0v) is 23.7. The average molecular weight is 581 g/mol. The molecule has 0 saturated heterocycles. The molecular formula is C32H28N4O5S. The van der Waals surface area contributed by atoms with E-state index in [9.17, 15) is 24.5 Å². The van der Waals surface area contributed by atoms with Crippen molar-refractivity contribution in [2.24, 2.45) is 0 Å². The second kappa shape index (κ2) is 13.9. The van der Waals surface area contributed by atoms with Crippen LogP contribution in [0.25, 0.3) is 6.08 Å². The van der Waals surface area contributed by atoms with E-state index in [4.69, 9.17) is 0 Å². The van der Waals surface area contributed by atoms with Gasteiger partial charge in [0.05, 0.1) is 10.2 Å². The highest BCUT2D eigenvalue weighted by atomic mass is 32.2. The molecule has 3 amide bonds. The van der Waals surface area contributed by atoms with Gasteiger partial charge in [0, 0.05) is 34.0 Å². The van der Waals surface area contributed by atoms with Crippen molar-refractivity contribution in [3.63, 3.8) is 0 Å². The molecule has 4 aromatic rings. The molecule has 0 heterocycles. The second-order valence-electron chi connectivity index (χ2n) is 9.33. The Kier molecular flexibility index (Phi) is 9.85. The fourth-order valence-corrected chi connectivity index (χ4v) is 4.81. The van der Waals surface area contributed by atoms with Crippen molar-refractivity contribution < 1.29 is 19.3 Å². The zero-order valence-electron chi connectivity index (χ0n) is 22.9. The van der Waals surface area contributed by atoms with E-state index in [1.807, 2.05) is 37.3 Å². The van der Waals surface area contributed by atoms with E-state index in [0.717, 1.165) is 16.0 Å². The number of anilines is 2. The first-order chi connectivity index (χ1) is 20.2. The van der Waals surface area contributed by atoms with Crippen LogP contribution in [0.3, 0.4) is 0 Å². The summed E-state index contributed by atoms with van der Waals surface area (Å²) >= 11 is 1.28. The van der Waals surface area contributed by atoms with Crippen LogP contribution in [0.2, 0.25) is 0 Å². The van der Waals surface area contributed by atoms with E-state index in [2.05, 4.69) is 16.0 Å². The van der Waals surface area contributed by atoms with Gasteiger partial charge >= 0.3 is 0 Å².